The summed E-state index contributed by atoms with van der Waals surface area (Å²) in [6.45, 7) is 0. The Kier molecular flexibility index (Phi) is 2.85. The van der Waals surface area contributed by atoms with Crippen LogP contribution in [-0.4, -0.2) is 20.2 Å². The normalized spacial score (nSPS) is 10.6. The second-order valence-corrected chi connectivity index (χ2v) is 4.26. The van der Waals surface area contributed by atoms with Crippen molar-refractivity contribution in [3.63, 3.8) is 0 Å². The first-order valence-electron chi connectivity index (χ1n) is 5.47. The number of pyridine rings is 1. The van der Waals surface area contributed by atoms with Gasteiger partial charge < -0.3 is 5.21 Å². The third kappa shape index (κ3) is 2.13. The van der Waals surface area contributed by atoms with E-state index in [1.54, 1.807) is 36.4 Å². The van der Waals surface area contributed by atoms with E-state index < -0.39 is 0 Å². The molecule has 0 aliphatic heterocycles. The average molecular weight is 274 g/mol. The Labute approximate surface area is 113 Å². The highest BCUT2D eigenvalue weighted by atomic mass is 35.5. The molecule has 0 aliphatic rings. The molecule has 0 fully saturated rings. The van der Waals surface area contributed by atoms with Crippen LogP contribution in [0.4, 0.5) is 0 Å². The SMILES string of the molecule is [O-][n+]1ccccc1-c1cc(Cl)ccc1-n1cnnn1. The Morgan fingerprint density at radius 2 is 2.11 bits per heavy atom. The van der Waals surface area contributed by atoms with Crippen molar-refractivity contribution in [3.8, 4) is 16.9 Å². The first-order valence-corrected chi connectivity index (χ1v) is 5.85. The van der Waals surface area contributed by atoms with Crippen LogP contribution in [0.5, 0.6) is 0 Å². The molecule has 3 aromatic rings. The van der Waals surface area contributed by atoms with Gasteiger partial charge in [0.25, 0.3) is 0 Å². The minimum Gasteiger partial charge on any atom is -0.618 e. The van der Waals surface area contributed by atoms with Crippen molar-refractivity contribution in [2.75, 3.05) is 0 Å². The van der Waals surface area contributed by atoms with Crippen LogP contribution in [0.2, 0.25) is 5.02 Å². The standard InChI is InChI=1S/C12H8ClN5O/c13-9-4-5-11(17-8-14-15-16-17)10(7-9)12-3-1-2-6-18(12)19/h1-8H. The maximum Gasteiger partial charge on any atom is 0.225 e. The molecule has 6 nitrogen and oxygen atoms in total. The molecular formula is C12H8ClN5O. The first kappa shape index (κ1) is 11.6. The molecule has 2 heterocycles. The molecule has 0 radical (unpaired) electrons. The fourth-order valence-corrected chi connectivity index (χ4v) is 1.99. The van der Waals surface area contributed by atoms with Gasteiger partial charge in [0, 0.05) is 17.2 Å². The Hall–Kier alpha value is -2.47. The zero-order chi connectivity index (χ0) is 13.2. The summed E-state index contributed by atoms with van der Waals surface area (Å²) in [5, 5.41) is 23.4. The van der Waals surface area contributed by atoms with Crippen LogP contribution in [-0.2, 0) is 0 Å². The van der Waals surface area contributed by atoms with Crippen molar-refractivity contribution < 1.29 is 4.73 Å². The topological polar surface area (TPSA) is 70.5 Å². The minimum absolute atomic E-state index is 0.482. The lowest BCUT2D eigenvalue weighted by atomic mass is 10.1. The van der Waals surface area contributed by atoms with Crippen LogP contribution in [0, 0.1) is 5.21 Å². The molecule has 0 saturated heterocycles. The molecular weight excluding hydrogens is 266 g/mol. The van der Waals surface area contributed by atoms with E-state index in [-0.39, 0.29) is 0 Å². The van der Waals surface area contributed by atoms with Crippen molar-refractivity contribution in [3.05, 3.63) is 59.2 Å². The largest absolute Gasteiger partial charge is 0.618 e. The van der Waals surface area contributed by atoms with E-state index in [1.807, 2.05) is 0 Å². The van der Waals surface area contributed by atoms with Crippen LogP contribution < -0.4 is 4.73 Å². The fraction of sp³-hybridized carbons (Fsp3) is 0. The third-order valence-corrected chi connectivity index (χ3v) is 2.89. The van der Waals surface area contributed by atoms with Gasteiger partial charge >= 0.3 is 0 Å². The van der Waals surface area contributed by atoms with Crippen molar-refractivity contribution >= 4 is 11.6 Å². The van der Waals surface area contributed by atoms with Gasteiger partial charge in [-0.25, -0.2) is 0 Å². The Morgan fingerprint density at radius 3 is 2.84 bits per heavy atom. The molecule has 0 spiro atoms. The van der Waals surface area contributed by atoms with Crippen LogP contribution in [0.25, 0.3) is 16.9 Å². The lowest BCUT2D eigenvalue weighted by Crippen LogP contribution is -2.28. The van der Waals surface area contributed by atoms with Crippen molar-refractivity contribution in [1.29, 1.82) is 0 Å². The molecule has 0 saturated carbocycles. The lowest BCUT2D eigenvalue weighted by Gasteiger charge is -2.09. The molecule has 1 aromatic carbocycles. The lowest BCUT2D eigenvalue weighted by molar-refractivity contribution is -0.593. The summed E-state index contributed by atoms with van der Waals surface area (Å²) in [6, 6.07) is 10.4. The summed E-state index contributed by atoms with van der Waals surface area (Å²) >= 11 is 6.01. The molecule has 7 heteroatoms. The van der Waals surface area contributed by atoms with E-state index in [4.69, 9.17) is 11.6 Å². The summed E-state index contributed by atoms with van der Waals surface area (Å²) in [5.74, 6) is 0. The highest BCUT2D eigenvalue weighted by molar-refractivity contribution is 6.31. The fourth-order valence-electron chi connectivity index (χ4n) is 1.82. The zero-order valence-electron chi connectivity index (χ0n) is 9.64. The molecule has 0 aliphatic carbocycles. The van der Waals surface area contributed by atoms with Crippen LogP contribution in [0.1, 0.15) is 0 Å². The van der Waals surface area contributed by atoms with Gasteiger partial charge in [-0.3, -0.25) is 0 Å². The van der Waals surface area contributed by atoms with Gasteiger partial charge in [-0.05, 0) is 34.7 Å². The van der Waals surface area contributed by atoms with E-state index in [1.165, 1.54) is 17.2 Å². The Bertz CT molecular complexity index is 714. The quantitative estimate of drug-likeness (QED) is 0.525. The van der Waals surface area contributed by atoms with Crippen LogP contribution >= 0.6 is 11.6 Å². The van der Waals surface area contributed by atoms with Crippen molar-refractivity contribution in [2.24, 2.45) is 0 Å². The van der Waals surface area contributed by atoms with Crippen LogP contribution in [0.15, 0.2) is 48.9 Å². The van der Waals surface area contributed by atoms with E-state index in [9.17, 15) is 5.21 Å². The van der Waals surface area contributed by atoms with Gasteiger partial charge in [-0.1, -0.05) is 11.6 Å². The van der Waals surface area contributed by atoms with Gasteiger partial charge in [-0.15, -0.1) is 5.10 Å². The highest BCUT2D eigenvalue weighted by Gasteiger charge is 2.15. The molecule has 0 atom stereocenters. The monoisotopic (exact) mass is 273 g/mol. The minimum atomic E-state index is 0.482. The van der Waals surface area contributed by atoms with E-state index in [2.05, 4.69) is 15.5 Å². The Morgan fingerprint density at radius 1 is 1.21 bits per heavy atom. The number of hydrogen-bond donors (Lipinski definition) is 0. The predicted octanol–water partition coefficient (Wildman–Crippen LogP) is 1.62. The predicted molar refractivity (Wildman–Crippen MR) is 68.6 cm³/mol. The summed E-state index contributed by atoms with van der Waals surface area (Å²) in [7, 11) is 0. The van der Waals surface area contributed by atoms with Gasteiger partial charge in [0.2, 0.25) is 5.69 Å². The first-order chi connectivity index (χ1) is 9.25. The second kappa shape index (κ2) is 4.66. The molecule has 19 heavy (non-hydrogen) atoms. The average Bonchev–Trinajstić information content (AvgIpc) is 2.93. The molecule has 94 valence electrons. The number of tetrazole rings is 1. The van der Waals surface area contributed by atoms with E-state index in [0.717, 1.165) is 4.73 Å². The Balaban J connectivity index is 2.26. The third-order valence-electron chi connectivity index (χ3n) is 2.65. The zero-order valence-corrected chi connectivity index (χ0v) is 10.4. The van der Waals surface area contributed by atoms with Crippen LogP contribution in [0.3, 0.4) is 0 Å². The number of halogens is 1. The van der Waals surface area contributed by atoms with Crippen molar-refractivity contribution in [2.45, 2.75) is 0 Å². The number of aromatic nitrogens is 5. The summed E-state index contributed by atoms with van der Waals surface area (Å²) < 4.78 is 2.26. The summed E-state index contributed by atoms with van der Waals surface area (Å²) in [4.78, 5) is 0. The molecule has 3 rings (SSSR count). The number of nitrogens with zero attached hydrogens (tertiary/aromatic N) is 5. The van der Waals surface area contributed by atoms with Gasteiger partial charge in [0.15, 0.2) is 6.20 Å². The van der Waals surface area contributed by atoms with E-state index in [0.29, 0.717) is 22.0 Å². The number of rotatable bonds is 2. The summed E-state index contributed by atoms with van der Waals surface area (Å²) in [6.07, 6.45) is 2.89. The maximum absolute atomic E-state index is 11.9. The molecule has 0 bridgehead atoms. The van der Waals surface area contributed by atoms with Gasteiger partial charge in [-0.2, -0.15) is 9.41 Å². The molecule has 2 aromatic heterocycles. The highest BCUT2D eigenvalue weighted by Crippen LogP contribution is 2.26. The number of benzene rings is 1. The van der Waals surface area contributed by atoms with E-state index >= 15 is 0 Å². The smallest absolute Gasteiger partial charge is 0.225 e. The van der Waals surface area contributed by atoms with Gasteiger partial charge in [0.05, 0.1) is 11.3 Å². The number of hydrogen-bond acceptors (Lipinski definition) is 4. The molecule has 0 unspecified atom stereocenters. The summed E-state index contributed by atoms with van der Waals surface area (Å²) in [5.41, 5.74) is 1.83. The second-order valence-electron chi connectivity index (χ2n) is 3.83. The van der Waals surface area contributed by atoms with Crippen molar-refractivity contribution in [1.82, 2.24) is 20.2 Å². The molecule has 0 N–H and O–H groups in total. The maximum atomic E-state index is 11.9. The van der Waals surface area contributed by atoms with Gasteiger partial charge in [0.1, 0.15) is 6.33 Å². The molecule has 0 amide bonds.